The zero-order valence-electron chi connectivity index (χ0n) is 11.1. The number of halogens is 1. The molecule has 1 aromatic rings. The van der Waals surface area contributed by atoms with E-state index < -0.39 is 5.97 Å². The van der Waals surface area contributed by atoms with Crippen LogP contribution in [0.25, 0.3) is 0 Å². The highest BCUT2D eigenvalue weighted by Crippen LogP contribution is 2.25. The van der Waals surface area contributed by atoms with Gasteiger partial charge in [0.1, 0.15) is 5.82 Å². The van der Waals surface area contributed by atoms with Crippen LogP contribution in [-0.2, 0) is 16.0 Å². The molecule has 1 amide bonds. The van der Waals surface area contributed by atoms with E-state index in [0.29, 0.717) is 25.7 Å². The van der Waals surface area contributed by atoms with Gasteiger partial charge in [0.05, 0.1) is 5.92 Å². The summed E-state index contributed by atoms with van der Waals surface area (Å²) in [5.41, 5.74) is 0.913. The molecule has 108 valence electrons. The Balaban J connectivity index is 1.73. The van der Waals surface area contributed by atoms with Crippen molar-refractivity contribution in [1.82, 2.24) is 5.32 Å². The molecule has 5 heteroatoms. The summed E-state index contributed by atoms with van der Waals surface area (Å²) < 4.78 is 12.7. The number of nitrogens with one attached hydrogen (secondary N) is 1. The first-order valence-electron chi connectivity index (χ1n) is 6.81. The highest BCUT2D eigenvalue weighted by molar-refractivity contribution is 5.77. The van der Waals surface area contributed by atoms with Crippen LogP contribution in [0.4, 0.5) is 4.39 Å². The summed E-state index contributed by atoms with van der Waals surface area (Å²) in [6.45, 7) is 0. The Morgan fingerprint density at radius 3 is 2.55 bits per heavy atom. The Bertz CT molecular complexity index is 486. The maximum Gasteiger partial charge on any atom is 0.306 e. The lowest BCUT2D eigenvalue weighted by Crippen LogP contribution is -2.33. The molecule has 0 heterocycles. The summed E-state index contributed by atoms with van der Waals surface area (Å²) >= 11 is 0. The fraction of sp³-hybridized carbons (Fsp3) is 0.467. The largest absolute Gasteiger partial charge is 0.481 e. The number of carboxylic acid groups (broad SMARTS) is 1. The first-order valence-corrected chi connectivity index (χ1v) is 6.81. The molecule has 1 aliphatic rings. The smallest absolute Gasteiger partial charge is 0.306 e. The van der Waals surface area contributed by atoms with Gasteiger partial charge in [0.25, 0.3) is 0 Å². The number of hydrogen-bond acceptors (Lipinski definition) is 2. The molecule has 1 aromatic carbocycles. The average molecular weight is 279 g/mol. The minimum atomic E-state index is -0.784. The Morgan fingerprint density at radius 1 is 1.25 bits per heavy atom. The van der Waals surface area contributed by atoms with Gasteiger partial charge in [0.15, 0.2) is 0 Å². The first kappa shape index (κ1) is 14.5. The summed E-state index contributed by atoms with van der Waals surface area (Å²) in [4.78, 5) is 22.6. The van der Waals surface area contributed by atoms with E-state index in [1.807, 2.05) is 0 Å². The lowest BCUT2D eigenvalue weighted by atomic mass is 10.1. The molecule has 20 heavy (non-hydrogen) atoms. The second-order valence-electron chi connectivity index (χ2n) is 5.24. The molecule has 0 bridgehead atoms. The van der Waals surface area contributed by atoms with Gasteiger partial charge in [-0.05, 0) is 43.4 Å². The zero-order valence-corrected chi connectivity index (χ0v) is 11.1. The van der Waals surface area contributed by atoms with Crippen molar-refractivity contribution in [3.05, 3.63) is 35.6 Å². The van der Waals surface area contributed by atoms with Crippen molar-refractivity contribution in [3.63, 3.8) is 0 Å². The minimum Gasteiger partial charge on any atom is -0.481 e. The van der Waals surface area contributed by atoms with Gasteiger partial charge in [0.2, 0.25) is 5.91 Å². The molecule has 2 rings (SSSR count). The number of carbonyl (C=O) groups excluding carboxylic acids is 1. The van der Waals surface area contributed by atoms with Gasteiger partial charge in [-0.15, -0.1) is 0 Å². The van der Waals surface area contributed by atoms with Crippen LogP contribution in [0.3, 0.4) is 0 Å². The predicted octanol–water partition coefficient (Wildman–Crippen LogP) is 2.13. The molecule has 0 saturated heterocycles. The summed E-state index contributed by atoms with van der Waals surface area (Å²) in [5, 5.41) is 11.8. The second-order valence-corrected chi connectivity index (χ2v) is 5.24. The van der Waals surface area contributed by atoms with Crippen LogP contribution in [0.15, 0.2) is 24.3 Å². The van der Waals surface area contributed by atoms with E-state index in [0.717, 1.165) is 12.0 Å². The number of carbonyl (C=O) groups is 2. The summed E-state index contributed by atoms with van der Waals surface area (Å²) in [6.07, 6.45) is 2.75. The fourth-order valence-electron chi connectivity index (χ4n) is 2.55. The van der Waals surface area contributed by atoms with E-state index in [9.17, 15) is 14.0 Å². The summed E-state index contributed by atoms with van der Waals surface area (Å²) in [5.74, 6) is -1.49. The highest BCUT2D eigenvalue weighted by Gasteiger charge is 2.30. The molecule has 2 atom stereocenters. The van der Waals surface area contributed by atoms with Crippen molar-refractivity contribution in [3.8, 4) is 0 Å². The minimum absolute atomic E-state index is 0.0307. The lowest BCUT2D eigenvalue weighted by molar-refractivity contribution is -0.141. The average Bonchev–Trinajstić information content (AvgIpc) is 2.87. The standard InChI is InChI=1S/C15H18FNO3/c16-12-5-1-10(2-6-12)3-8-14(18)17-13-7-4-11(9-13)15(19)20/h1-2,5-6,11,13H,3-4,7-9H2,(H,17,18)(H,19,20)/t11-,13+/m0/s1. The van der Waals surface area contributed by atoms with Crippen molar-refractivity contribution >= 4 is 11.9 Å². The third kappa shape index (κ3) is 4.05. The van der Waals surface area contributed by atoms with E-state index in [4.69, 9.17) is 5.11 Å². The molecular formula is C15H18FNO3. The van der Waals surface area contributed by atoms with Gasteiger partial charge in [-0.3, -0.25) is 9.59 Å². The van der Waals surface area contributed by atoms with Crippen molar-refractivity contribution < 1.29 is 19.1 Å². The summed E-state index contributed by atoms with van der Waals surface area (Å²) in [6, 6.07) is 6.05. The number of hydrogen-bond donors (Lipinski definition) is 2. The van der Waals surface area contributed by atoms with Crippen molar-refractivity contribution in [1.29, 1.82) is 0 Å². The molecule has 4 nitrogen and oxygen atoms in total. The van der Waals surface area contributed by atoms with Gasteiger partial charge in [0, 0.05) is 12.5 Å². The third-order valence-corrected chi connectivity index (χ3v) is 3.70. The molecule has 2 N–H and O–H groups in total. The van der Waals surface area contributed by atoms with Crippen LogP contribution in [0, 0.1) is 11.7 Å². The Labute approximate surface area is 117 Å². The number of amides is 1. The molecule has 0 unspecified atom stereocenters. The van der Waals surface area contributed by atoms with Crippen molar-refractivity contribution in [2.24, 2.45) is 5.92 Å². The topological polar surface area (TPSA) is 66.4 Å². The SMILES string of the molecule is O=C(CCc1ccc(F)cc1)N[C@@H]1CC[C@H](C(=O)O)C1. The van der Waals surface area contributed by atoms with Gasteiger partial charge in [-0.2, -0.15) is 0 Å². The number of aliphatic carboxylic acids is 1. The lowest BCUT2D eigenvalue weighted by Gasteiger charge is -2.12. The molecule has 0 aromatic heterocycles. The molecule has 0 radical (unpaired) electrons. The Morgan fingerprint density at radius 2 is 1.95 bits per heavy atom. The van der Waals surface area contributed by atoms with E-state index >= 15 is 0 Å². The van der Waals surface area contributed by atoms with Crippen LogP contribution in [0.2, 0.25) is 0 Å². The summed E-state index contributed by atoms with van der Waals surface area (Å²) in [7, 11) is 0. The molecule has 0 aliphatic heterocycles. The van der Waals surface area contributed by atoms with Crippen LogP contribution < -0.4 is 5.32 Å². The van der Waals surface area contributed by atoms with Crippen LogP contribution >= 0.6 is 0 Å². The number of benzene rings is 1. The molecule has 1 saturated carbocycles. The van der Waals surface area contributed by atoms with Crippen LogP contribution in [-0.4, -0.2) is 23.0 Å². The van der Waals surface area contributed by atoms with Gasteiger partial charge >= 0.3 is 5.97 Å². The quantitative estimate of drug-likeness (QED) is 0.867. The van der Waals surface area contributed by atoms with E-state index in [2.05, 4.69) is 5.32 Å². The highest BCUT2D eigenvalue weighted by atomic mass is 19.1. The monoisotopic (exact) mass is 279 g/mol. The first-order chi connectivity index (χ1) is 9.54. The van der Waals surface area contributed by atoms with Crippen molar-refractivity contribution in [2.45, 2.75) is 38.1 Å². The molecule has 1 fully saturated rings. The predicted molar refractivity (Wildman–Crippen MR) is 71.6 cm³/mol. The van der Waals surface area contributed by atoms with E-state index in [-0.39, 0.29) is 23.7 Å². The van der Waals surface area contributed by atoms with Gasteiger partial charge < -0.3 is 10.4 Å². The number of carboxylic acids is 1. The Hall–Kier alpha value is -1.91. The third-order valence-electron chi connectivity index (χ3n) is 3.70. The molecule has 0 spiro atoms. The second kappa shape index (κ2) is 6.50. The molecular weight excluding hydrogens is 261 g/mol. The fourth-order valence-corrected chi connectivity index (χ4v) is 2.55. The van der Waals surface area contributed by atoms with E-state index in [1.165, 1.54) is 12.1 Å². The molecule has 1 aliphatic carbocycles. The van der Waals surface area contributed by atoms with Gasteiger partial charge in [-0.1, -0.05) is 12.1 Å². The number of aryl methyl sites for hydroxylation is 1. The van der Waals surface area contributed by atoms with E-state index in [1.54, 1.807) is 12.1 Å². The van der Waals surface area contributed by atoms with Gasteiger partial charge in [-0.25, -0.2) is 4.39 Å². The number of rotatable bonds is 5. The maximum atomic E-state index is 12.7. The maximum absolute atomic E-state index is 12.7. The normalized spacial score (nSPS) is 21.6. The van der Waals surface area contributed by atoms with Crippen molar-refractivity contribution in [2.75, 3.05) is 0 Å². The zero-order chi connectivity index (χ0) is 14.5. The Kier molecular flexibility index (Phi) is 4.71. The van der Waals surface area contributed by atoms with Crippen LogP contribution in [0.1, 0.15) is 31.2 Å². The van der Waals surface area contributed by atoms with Crippen LogP contribution in [0.5, 0.6) is 0 Å².